The van der Waals surface area contributed by atoms with Crippen molar-refractivity contribution in [3.05, 3.63) is 29.1 Å². The van der Waals surface area contributed by atoms with Gasteiger partial charge in [-0.25, -0.2) is 4.98 Å². The van der Waals surface area contributed by atoms with E-state index in [-0.39, 0.29) is 6.17 Å². The molecular weight excluding hydrogens is 293 g/mol. The molecule has 0 aliphatic carbocycles. The minimum Gasteiger partial charge on any atom is -0.301 e. The molecule has 0 spiro atoms. The van der Waals surface area contributed by atoms with Gasteiger partial charge in [-0.2, -0.15) is 13.2 Å². The van der Waals surface area contributed by atoms with Gasteiger partial charge < -0.3 is 4.90 Å². The second kappa shape index (κ2) is 5.96. The molecule has 0 aromatic carbocycles. The Morgan fingerprint density at radius 2 is 1.91 bits per heavy atom. The molecule has 3 heterocycles. The van der Waals surface area contributed by atoms with Crippen LogP contribution in [0, 0.1) is 0 Å². The second-order valence-electron chi connectivity index (χ2n) is 5.67. The molecular formula is C15H19F3N4. The highest BCUT2D eigenvalue weighted by atomic mass is 19.4. The van der Waals surface area contributed by atoms with Gasteiger partial charge in [-0.05, 0) is 18.2 Å². The van der Waals surface area contributed by atoms with Crippen molar-refractivity contribution in [2.75, 3.05) is 32.7 Å². The summed E-state index contributed by atoms with van der Waals surface area (Å²) in [7, 11) is 0. The maximum atomic E-state index is 12.7. The standard InChI is InChI=1S/C15H19F3N4/c1-2-21-5-7-22(8-6-21)14-9-11-3-4-13(15(16,17)18)20-12(11)10-19-14/h3-4,10,14H,2,5-9H2,1H3/t14-/m0/s1. The molecule has 22 heavy (non-hydrogen) atoms. The van der Waals surface area contributed by atoms with E-state index in [1.165, 1.54) is 12.3 Å². The van der Waals surface area contributed by atoms with Crippen LogP contribution < -0.4 is 0 Å². The number of likely N-dealkylation sites (N-methyl/N-ethyl adjacent to an activating group) is 1. The zero-order chi connectivity index (χ0) is 15.7. The topological polar surface area (TPSA) is 31.7 Å². The summed E-state index contributed by atoms with van der Waals surface area (Å²) < 4.78 is 38.0. The Kier molecular flexibility index (Phi) is 4.18. The number of nitrogens with zero attached hydrogens (tertiary/aromatic N) is 4. The lowest BCUT2D eigenvalue weighted by molar-refractivity contribution is -0.141. The van der Waals surface area contributed by atoms with E-state index in [0.29, 0.717) is 12.1 Å². The molecule has 3 rings (SSSR count). The largest absolute Gasteiger partial charge is 0.433 e. The van der Waals surface area contributed by atoms with Gasteiger partial charge in [0.05, 0.1) is 5.69 Å². The molecule has 7 heteroatoms. The molecule has 1 aromatic heterocycles. The van der Waals surface area contributed by atoms with E-state index in [2.05, 4.69) is 26.7 Å². The predicted octanol–water partition coefficient (Wildman–Crippen LogP) is 2.04. The minimum atomic E-state index is -4.41. The number of pyridine rings is 1. The number of hydrogen-bond donors (Lipinski definition) is 0. The molecule has 0 unspecified atom stereocenters. The van der Waals surface area contributed by atoms with Crippen LogP contribution in [0.4, 0.5) is 13.2 Å². The van der Waals surface area contributed by atoms with E-state index < -0.39 is 11.9 Å². The normalized spacial score (nSPS) is 23.5. The Bertz CT molecular complexity index is 562. The van der Waals surface area contributed by atoms with E-state index >= 15 is 0 Å². The van der Waals surface area contributed by atoms with E-state index in [1.807, 2.05) is 0 Å². The van der Waals surface area contributed by atoms with Gasteiger partial charge >= 0.3 is 6.18 Å². The van der Waals surface area contributed by atoms with Crippen LogP contribution in [-0.4, -0.2) is 59.9 Å². The molecule has 0 radical (unpaired) electrons. The van der Waals surface area contributed by atoms with Crippen LogP contribution in [0.1, 0.15) is 23.9 Å². The highest BCUT2D eigenvalue weighted by Crippen LogP contribution is 2.29. The summed E-state index contributed by atoms with van der Waals surface area (Å²) in [4.78, 5) is 12.8. The third-order valence-corrected chi connectivity index (χ3v) is 4.35. The van der Waals surface area contributed by atoms with E-state index in [4.69, 9.17) is 0 Å². The molecule has 1 atom stereocenters. The number of hydrogen-bond acceptors (Lipinski definition) is 4. The lowest BCUT2D eigenvalue weighted by Crippen LogP contribution is -2.50. The predicted molar refractivity (Wildman–Crippen MR) is 78.0 cm³/mol. The number of fused-ring (bicyclic) bond motifs is 1. The van der Waals surface area contributed by atoms with Crippen molar-refractivity contribution in [1.29, 1.82) is 0 Å². The quantitative estimate of drug-likeness (QED) is 0.837. The van der Waals surface area contributed by atoms with Gasteiger partial charge in [0.2, 0.25) is 0 Å². The molecule has 0 saturated carbocycles. The van der Waals surface area contributed by atoms with Gasteiger partial charge in [0.15, 0.2) is 0 Å². The summed E-state index contributed by atoms with van der Waals surface area (Å²) in [5.74, 6) is 0. The number of aromatic nitrogens is 1. The van der Waals surface area contributed by atoms with Crippen LogP contribution in [0.25, 0.3) is 0 Å². The van der Waals surface area contributed by atoms with Crippen molar-refractivity contribution in [3.63, 3.8) is 0 Å². The van der Waals surface area contributed by atoms with Crippen molar-refractivity contribution in [3.8, 4) is 0 Å². The fourth-order valence-corrected chi connectivity index (χ4v) is 2.95. The average Bonchev–Trinajstić information content (AvgIpc) is 2.53. The molecule has 1 saturated heterocycles. The first-order valence-corrected chi connectivity index (χ1v) is 7.54. The zero-order valence-corrected chi connectivity index (χ0v) is 12.5. The SMILES string of the molecule is CCN1CCN([C@H]2Cc3ccc(C(F)(F)F)nc3C=N2)CC1. The molecule has 120 valence electrons. The first-order valence-electron chi connectivity index (χ1n) is 7.54. The lowest BCUT2D eigenvalue weighted by Gasteiger charge is -2.38. The number of piperazine rings is 1. The van der Waals surface area contributed by atoms with Crippen molar-refractivity contribution in [2.24, 2.45) is 4.99 Å². The lowest BCUT2D eigenvalue weighted by atomic mass is 10.0. The second-order valence-corrected chi connectivity index (χ2v) is 5.67. The Labute approximate surface area is 127 Å². The molecule has 0 N–H and O–H groups in total. The van der Waals surface area contributed by atoms with Crippen molar-refractivity contribution in [1.82, 2.24) is 14.8 Å². The minimum absolute atomic E-state index is 0.0186. The first kappa shape index (κ1) is 15.4. The third-order valence-electron chi connectivity index (χ3n) is 4.35. The summed E-state index contributed by atoms with van der Waals surface area (Å²) in [6, 6.07) is 2.59. The van der Waals surface area contributed by atoms with Gasteiger partial charge in [-0.15, -0.1) is 0 Å². The van der Waals surface area contributed by atoms with Gasteiger partial charge in [0.1, 0.15) is 11.9 Å². The summed E-state index contributed by atoms with van der Waals surface area (Å²) in [6.07, 6.45) is -2.27. The van der Waals surface area contributed by atoms with Crippen LogP contribution in [0.2, 0.25) is 0 Å². The molecule has 2 aliphatic rings. The Balaban J connectivity index is 1.71. The molecule has 0 amide bonds. The number of halogens is 3. The van der Waals surface area contributed by atoms with Gasteiger partial charge in [0.25, 0.3) is 0 Å². The van der Waals surface area contributed by atoms with Gasteiger partial charge in [-0.3, -0.25) is 9.89 Å². The number of alkyl halides is 3. The molecule has 2 aliphatic heterocycles. The smallest absolute Gasteiger partial charge is 0.301 e. The summed E-state index contributed by atoms with van der Waals surface area (Å²) >= 11 is 0. The summed E-state index contributed by atoms with van der Waals surface area (Å²) in [6.45, 7) is 7.11. The Hall–Kier alpha value is -1.47. The average molecular weight is 312 g/mol. The molecule has 0 bridgehead atoms. The van der Waals surface area contributed by atoms with Crippen LogP contribution >= 0.6 is 0 Å². The maximum Gasteiger partial charge on any atom is 0.433 e. The fraction of sp³-hybridized carbons (Fsp3) is 0.600. The molecule has 1 aromatic rings. The van der Waals surface area contributed by atoms with Gasteiger partial charge in [-0.1, -0.05) is 13.0 Å². The van der Waals surface area contributed by atoms with Crippen molar-refractivity contribution in [2.45, 2.75) is 25.7 Å². The van der Waals surface area contributed by atoms with Crippen LogP contribution in [0.3, 0.4) is 0 Å². The fourth-order valence-electron chi connectivity index (χ4n) is 2.95. The molecule has 4 nitrogen and oxygen atoms in total. The van der Waals surface area contributed by atoms with Crippen LogP contribution in [-0.2, 0) is 12.6 Å². The zero-order valence-electron chi connectivity index (χ0n) is 12.5. The number of aliphatic imine (C=N–C) groups is 1. The van der Waals surface area contributed by atoms with Crippen molar-refractivity contribution < 1.29 is 13.2 Å². The van der Waals surface area contributed by atoms with E-state index in [0.717, 1.165) is 44.4 Å². The maximum absolute atomic E-state index is 12.7. The third kappa shape index (κ3) is 3.15. The van der Waals surface area contributed by atoms with Crippen LogP contribution in [0.5, 0.6) is 0 Å². The highest BCUT2D eigenvalue weighted by molar-refractivity contribution is 5.80. The number of rotatable bonds is 2. The van der Waals surface area contributed by atoms with Crippen LogP contribution in [0.15, 0.2) is 17.1 Å². The van der Waals surface area contributed by atoms with Gasteiger partial charge in [0, 0.05) is 38.8 Å². The van der Waals surface area contributed by atoms with E-state index in [1.54, 1.807) is 0 Å². The Morgan fingerprint density at radius 1 is 1.18 bits per heavy atom. The molecule has 1 fully saturated rings. The Morgan fingerprint density at radius 3 is 2.55 bits per heavy atom. The highest BCUT2D eigenvalue weighted by Gasteiger charge is 2.34. The monoisotopic (exact) mass is 312 g/mol. The van der Waals surface area contributed by atoms with Crippen molar-refractivity contribution >= 4 is 6.21 Å². The summed E-state index contributed by atoms with van der Waals surface area (Å²) in [5.41, 5.74) is 0.330. The first-order chi connectivity index (χ1) is 10.5. The summed E-state index contributed by atoms with van der Waals surface area (Å²) in [5, 5.41) is 0. The van der Waals surface area contributed by atoms with E-state index in [9.17, 15) is 13.2 Å².